The molecule has 3 rings (SSSR count). The fourth-order valence-electron chi connectivity index (χ4n) is 3.96. The van der Waals surface area contributed by atoms with Crippen molar-refractivity contribution >= 4 is 21.6 Å². The quantitative estimate of drug-likeness (QED) is 0.773. The topological polar surface area (TPSA) is 66.5 Å². The van der Waals surface area contributed by atoms with Gasteiger partial charge in [0.2, 0.25) is 15.9 Å². The van der Waals surface area contributed by atoms with E-state index in [1.165, 1.54) is 9.87 Å². The average molecular weight is 415 g/mol. The summed E-state index contributed by atoms with van der Waals surface area (Å²) in [6.45, 7) is 6.60. The SMILES string of the molecule is CCS(=O)(=O)N1CCC(C(=O)Nc2cccc(C(C)C)c2)(c2ccccc2)CC1. The van der Waals surface area contributed by atoms with Gasteiger partial charge >= 0.3 is 0 Å². The first-order valence-electron chi connectivity index (χ1n) is 10.2. The smallest absolute Gasteiger partial charge is 0.235 e. The average Bonchev–Trinajstić information content (AvgIpc) is 2.74. The van der Waals surface area contributed by atoms with E-state index in [9.17, 15) is 13.2 Å². The second-order valence-corrected chi connectivity index (χ2v) is 10.2. The Hall–Kier alpha value is -2.18. The van der Waals surface area contributed by atoms with Crippen molar-refractivity contribution in [1.82, 2.24) is 4.31 Å². The van der Waals surface area contributed by atoms with Gasteiger partial charge in [0.1, 0.15) is 0 Å². The van der Waals surface area contributed by atoms with Crippen LogP contribution in [0.3, 0.4) is 0 Å². The van der Waals surface area contributed by atoms with E-state index in [1.54, 1.807) is 6.92 Å². The van der Waals surface area contributed by atoms with Crippen LogP contribution in [-0.4, -0.2) is 37.5 Å². The summed E-state index contributed by atoms with van der Waals surface area (Å²) in [7, 11) is -3.25. The van der Waals surface area contributed by atoms with Gasteiger partial charge in [0.25, 0.3) is 0 Å². The standard InChI is InChI=1S/C23H30N2O3S/c1-4-29(27,28)25-15-13-23(14-16-25,20-10-6-5-7-11-20)22(26)24-21-12-8-9-19(17-21)18(2)3/h5-12,17-18H,4,13-16H2,1-3H3,(H,24,26). The predicted octanol–water partition coefficient (Wildman–Crippen LogP) is 4.13. The Balaban J connectivity index is 1.89. The highest BCUT2D eigenvalue weighted by atomic mass is 32.2. The van der Waals surface area contributed by atoms with E-state index < -0.39 is 15.4 Å². The van der Waals surface area contributed by atoms with E-state index in [0.717, 1.165) is 11.3 Å². The fourth-order valence-corrected chi connectivity index (χ4v) is 5.06. The molecule has 6 heteroatoms. The van der Waals surface area contributed by atoms with Crippen molar-refractivity contribution in [2.24, 2.45) is 0 Å². The van der Waals surface area contributed by atoms with Crippen LogP contribution in [0.4, 0.5) is 5.69 Å². The molecule has 2 aromatic rings. The summed E-state index contributed by atoms with van der Waals surface area (Å²) in [4.78, 5) is 13.5. The van der Waals surface area contributed by atoms with Gasteiger partial charge in [-0.1, -0.05) is 56.3 Å². The summed E-state index contributed by atoms with van der Waals surface area (Å²) < 4.78 is 26.1. The van der Waals surface area contributed by atoms with Crippen molar-refractivity contribution in [3.05, 3.63) is 65.7 Å². The Bertz CT molecular complexity index is 947. The number of benzene rings is 2. The van der Waals surface area contributed by atoms with Gasteiger partial charge in [0, 0.05) is 18.8 Å². The number of carbonyl (C=O) groups excluding carboxylic acids is 1. The van der Waals surface area contributed by atoms with Crippen LogP contribution in [0.2, 0.25) is 0 Å². The van der Waals surface area contributed by atoms with E-state index in [1.807, 2.05) is 48.5 Å². The zero-order valence-electron chi connectivity index (χ0n) is 17.4. The first kappa shape index (κ1) is 21.5. The monoisotopic (exact) mass is 414 g/mol. The second kappa shape index (κ2) is 8.67. The predicted molar refractivity (Wildman–Crippen MR) is 118 cm³/mol. The molecule has 0 aliphatic carbocycles. The molecule has 29 heavy (non-hydrogen) atoms. The molecule has 1 saturated heterocycles. The highest BCUT2D eigenvalue weighted by Gasteiger charge is 2.44. The third kappa shape index (κ3) is 4.54. The third-order valence-corrected chi connectivity index (χ3v) is 7.79. The molecule has 0 aromatic heterocycles. The maximum Gasteiger partial charge on any atom is 0.235 e. The molecule has 1 aliphatic rings. The Morgan fingerprint density at radius 1 is 1.07 bits per heavy atom. The minimum Gasteiger partial charge on any atom is -0.325 e. The van der Waals surface area contributed by atoms with E-state index in [-0.39, 0.29) is 11.7 Å². The summed E-state index contributed by atoms with van der Waals surface area (Å²) in [6, 6.07) is 17.6. The van der Waals surface area contributed by atoms with E-state index in [4.69, 9.17) is 0 Å². The number of amides is 1. The molecule has 0 saturated carbocycles. The van der Waals surface area contributed by atoms with Crippen LogP contribution in [0, 0.1) is 0 Å². The van der Waals surface area contributed by atoms with Crippen molar-refractivity contribution in [2.75, 3.05) is 24.2 Å². The van der Waals surface area contributed by atoms with Gasteiger partial charge in [-0.3, -0.25) is 4.79 Å². The van der Waals surface area contributed by atoms with Crippen molar-refractivity contribution in [2.45, 2.75) is 44.9 Å². The van der Waals surface area contributed by atoms with Gasteiger partial charge in [-0.2, -0.15) is 0 Å². The lowest BCUT2D eigenvalue weighted by Crippen LogP contribution is -2.51. The van der Waals surface area contributed by atoms with Crippen LogP contribution in [0.25, 0.3) is 0 Å². The van der Waals surface area contributed by atoms with Gasteiger partial charge < -0.3 is 5.32 Å². The van der Waals surface area contributed by atoms with Crippen molar-refractivity contribution < 1.29 is 13.2 Å². The van der Waals surface area contributed by atoms with Crippen LogP contribution >= 0.6 is 0 Å². The molecule has 156 valence electrons. The summed E-state index contributed by atoms with van der Waals surface area (Å²) in [5, 5.41) is 3.11. The molecular weight excluding hydrogens is 384 g/mol. The Labute approximate surface area is 174 Å². The minimum atomic E-state index is -3.25. The molecule has 5 nitrogen and oxygen atoms in total. The van der Waals surface area contributed by atoms with Gasteiger partial charge in [0.15, 0.2) is 0 Å². The molecule has 1 aliphatic heterocycles. The van der Waals surface area contributed by atoms with Gasteiger partial charge in [0.05, 0.1) is 11.2 Å². The van der Waals surface area contributed by atoms with Crippen molar-refractivity contribution in [3.63, 3.8) is 0 Å². The first-order chi connectivity index (χ1) is 13.8. The van der Waals surface area contributed by atoms with Gasteiger partial charge in [-0.15, -0.1) is 0 Å². The number of anilines is 1. The summed E-state index contributed by atoms with van der Waals surface area (Å²) >= 11 is 0. The van der Waals surface area contributed by atoms with Crippen LogP contribution in [-0.2, 0) is 20.2 Å². The molecule has 1 N–H and O–H groups in total. The van der Waals surface area contributed by atoms with E-state index in [2.05, 4.69) is 25.2 Å². The number of hydrogen-bond donors (Lipinski definition) is 1. The summed E-state index contributed by atoms with van der Waals surface area (Å²) in [5.74, 6) is 0.384. The maximum atomic E-state index is 13.5. The van der Waals surface area contributed by atoms with Crippen molar-refractivity contribution in [1.29, 1.82) is 0 Å². The Morgan fingerprint density at radius 3 is 2.31 bits per heavy atom. The zero-order valence-corrected chi connectivity index (χ0v) is 18.2. The zero-order chi connectivity index (χ0) is 21.1. The molecule has 2 aromatic carbocycles. The highest BCUT2D eigenvalue weighted by Crippen LogP contribution is 2.37. The van der Waals surface area contributed by atoms with Gasteiger partial charge in [-0.05, 0) is 48.9 Å². The molecule has 0 radical (unpaired) electrons. The molecule has 0 atom stereocenters. The Morgan fingerprint density at radius 2 is 1.72 bits per heavy atom. The minimum absolute atomic E-state index is 0.0712. The number of hydrogen-bond acceptors (Lipinski definition) is 3. The highest BCUT2D eigenvalue weighted by molar-refractivity contribution is 7.89. The molecule has 1 amide bonds. The van der Waals surface area contributed by atoms with E-state index in [0.29, 0.717) is 31.8 Å². The maximum absolute atomic E-state index is 13.5. The van der Waals surface area contributed by atoms with Crippen LogP contribution < -0.4 is 5.32 Å². The lowest BCUT2D eigenvalue weighted by Gasteiger charge is -2.40. The van der Waals surface area contributed by atoms with Crippen molar-refractivity contribution in [3.8, 4) is 0 Å². The second-order valence-electron chi connectivity index (χ2n) is 7.98. The molecule has 0 spiro atoms. The Kier molecular flexibility index (Phi) is 6.44. The number of carbonyl (C=O) groups is 1. The molecule has 1 heterocycles. The number of sulfonamides is 1. The largest absolute Gasteiger partial charge is 0.325 e. The lowest BCUT2D eigenvalue weighted by molar-refractivity contribution is -0.123. The number of rotatable bonds is 6. The normalized spacial score (nSPS) is 17.2. The molecular formula is C23H30N2O3S. The number of piperidine rings is 1. The summed E-state index contributed by atoms with van der Waals surface area (Å²) in [6.07, 6.45) is 0.928. The third-order valence-electron chi connectivity index (χ3n) is 5.91. The lowest BCUT2D eigenvalue weighted by atomic mass is 9.72. The van der Waals surface area contributed by atoms with Gasteiger partial charge in [-0.25, -0.2) is 12.7 Å². The van der Waals surface area contributed by atoms with Crippen LogP contribution in [0.1, 0.15) is 50.7 Å². The fraction of sp³-hybridized carbons (Fsp3) is 0.435. The van der Waals surface area contributed by atoms with E-state index >= 15 is 0 Å². The van der Waals surface area contributed by atoms with Crippen LogP contribution in [0.15, 0.2) is 54.6 Å². The molecule has 0 bridgehead atoms. The number of nitrogens with one attached hydrogen (secondary N) is 1. The summed E-state index contributed by atoms with van der Waals surface area (Å²) in [5.41, 5.74) is 2.14. The van der Waals surface area contributed by atoms with Crippen LogP contribution in [0.5, 0.6) is 0 Å². The first-order valence-corrected chi connectivity index (χ1v) is 11.8. The molecule has 1 fully saturated rings. The number of nitrogens with zero attached hydrogens (tertiary/aromatic N) is 1. The molecule has 0 unspecified atom stereocenters.